The summed E-state index contributed by atoms with van der Waals surface area (Å²) in [5.74, 6) is 2.48. The van der Waals surface area contributed by atoms with E-state index in [9.17, 15) is 0 Å². The number of rotatable bonds is 6. The van der Waals surface area contributed by atoms with E-state index in [1.165, 1.54) is 11.1 Å². The zero-order chi connectivity index (χ0) is 24.2. The molecule has 5 nitrogen and oxygen atoms in total. The van der Waals surface area contributed by atoms with Gasteiger partial charge in [0.2, 0.25) is 5.95 Å². The number of hydrogen-bond acceptors (Lipinski definition) is 5. The lowest BCUT2D eigenvalue weighted by Crippen LogP contribution is -2.39. The Morgan fingerprint density at radius 1 is 0.694 bits per heavy atom. The SMILES string of the molecule is c1ccc(CN2CCC(Nc3nc(N4CCC(c5ccccc5)CC4)nc4ccccc34)CC2)cc1. The van der Waals surface area contributed by atoms with E-state index in [-0.39, 0.29) is 0 Å². The first-order chi connectivity index (χ1) is 17.8. The highest BCUT2D eigenvalue weighted by molar-refractivity contribution is 5.90. The van der Waals surface area contributed by atoms with E-state index in [4.69, 9.17) is 9.97 Å². The average molecular weight is 478 g/mol. The van der Waals surface area contributed by atoms with Crippen LogP contribution in [0.15, 0.2) is 84.9 Å². The van der Waals surface area contributed by atoms with Crippen LogP contribution in [0, 0.1) is 0 Å². The van der Waals surface area contributed by atoms with E-state index in [0.717, 1.165) is 81.1 Å². The zero-order valence-electron chi connectivity index (χ0n) is 20.9. The first kappa shape index (κ1) is 23.0. The minimum absolute atomic E-state index is 0.437. The maximum Gasteiger partial charge on any atom is 0.227 e. The monoisotopic (exact) mass is 477 g/mol. The zero-order valence-corrected chi connectivity index (χ0v) is 20.9. The number of benzene rings is 3. The van der Waals surface area contributed by atoms with Crippen LogP contribution in [0.5, 0.6) is 0 Å². The van der Waals surface area contributed by atoms with Crippen molar-refractivity contribution in [3.8, 4) is 0 Å². The summed E-state index contributed by atoms with van der Waals surface area (Å²) in [6.45, 7) is 5.24. The molecule has 2 aliphatic heterocycles. The van der Waals surface area contributed by atoms with Gasteiger partial charge in [0, 0.05) is 44.2 Å². The predicted octanol–water partition coefficient (Wildman–Crippen LogP) is 6.09. The van der Waals surface area contributed by atoms with Crippen molar-refractivity contribution in [3.63, 3.8) is 0 Å². The van der Waals surface area contributed by atoms with Gasteiger partial charge in [-0.2, -0.15) is 4.98 Å². The molecular formula is C31H35N5. The summed E-state index contributed by atoms with van der Waals surface area (Å²) >= 11 is 0. The Hall–Kier alpha value is -3.44. The summed E-state index contributed by atoms with van der Waals surface area (Å²) < 4.78 is 0. The van der Waals surface area contributed by atoms with Crippen LogP contribution < -0.4 is 10.2 Å². The van der Waals surface area contributed by atoms with Gasteiger partial charge in [-0.25, -0.2) is 4.98 Å². The summed E-state index contributed by atoms with van der Waals surface area (Å²) in [6, 6.07) is 30.6. The highest BCUT2D eigenvalue weighted by Crippen LogP contribution is 2.31. The van der Waals surface area contributed by atoms with Crippen molar-refractivity contribution in [1.82, 2.24) is 14.9 Å². The van der Waals surface area contributed by atoms with Crippen LogP contribution in [0.1, 0.15) is 42.7 Å². The van der Waals surface area contributed by atoms with Gasteiger partial charge >= 0.3 is 0 Å². The maximum atomic E-state index is 5.09. The third kappa shape index (κ3) is 5.21. The molecule has 2 fully saturated rings. The summed E-state index contributed by atoms with van der Waals surface area (Å²) in [4.78, 5) is 15.0. The molecule has 6 rings (SSSR count). The van der Waals surface area contributed by atoms with E-state index in [1.54, 1.807) is 0 Å². The Morgan fingerprint density at radius 3 is 2.11 bits per heavy atom. The third-order valence-electron chi connectivity index (χ3n) is 7.82. The fourth-order valence-corrected chi connectivity index (χ4v) is 5.72. The van der Waals surface area contributed by atoms with Gasteiger partial charge in [0.05, 0.1) is 5.52 Å². The van der Waals surface area contributed by atoms with E-state index in [0.29, 0.717) is 12.0 Å². The highest BCUT2D eigenvalue weighted by atomic mass is 15.3. The number of nitrogens with one attached hydrogen (secondary N) is 1. The van der Waals surface area contributed by atoms with E-state index in [2.05, 4.69) is 100 Å². The molecule has 1 aromatic heterocycles. The Kier molecular flexibility index (Phi) is 6.81. The molecule has 0 atom stereocenters. The van der Waals surface area contributed by atoms with Crippen LogP contribution in [0.4, 0.5) is 11.8 Å². The molecular weight excluding hydrogens is 442 g/mol. The fraction of sp³-hybridized carbons (Fsp3) is 0.355. The van der Waals surface area contributed by atoms with Gasteiger partial charge in [0.25, 0.3) is 0 Å². The molecule has 0 aliphatic carbocycles. The van der Waals surface area contributed by atoms with Crippen molar-refractivity contribution in [2.75, 3.05) is 36.4 Å². The molecule has 0 bridgehead atoms. The van der Waals surface area contributed by atoms with Gasteiger partial charge in [-0.15, -0.1) is 0 Å². The summed E-state index contributed by atoms with van der Waals surface area (Å²) in [5.41, 5.74) is 3.88. The lowest BCUT2D eigenvalue weighted by Gasteiger charge is -2.34. The molecule has 5 heteroatoms. The van der Waals surface area contributed by atoms with Crippen LogP contribution in [0.2, 0.25) is 0 Å². The fourth-order valence-electron chi connectivity index (χ4n) is 5.72. The molecule has 0 radical (unpaired) electrons. The highest BCUT2D eigenvalue weighted by Gasteiger charge is 2.24. The number of hydrogen-bond donors (Lipinski definition) is 1. The number of nitrogens with zero attached hydrogens (tertiary/aromatic N) is 4. The van der Waals surface area contributed by atoms with Gasteiger partial charge in [0.1, 0.15) is 5.82 Å². The second-order valence-electron chi connectivity index (χ2n) is 10.2. The Bertz CT molecular complexity index is 1260. The van der Waals surface area contributed by atoms with Gasteiger partial charge in [-0.3, -0.25) is 4.90 Å². The molecule has 184 valence electrons. The van der Waals surface area contributed by atoms with Gasteiger partial charge in [0.15, 0.2) is 0 Å². The van der Waals surface area contributed by atoms with E-state index >= 15 is 0 Å². The molecule has 0 unspecified atom stereocenters. The molecule has 4 aromatic rings. The van der Waals surface area contributed by atoms with Crippen LogP contribution in [-0.4, -0.2) is 47.1 Å². The van der Waals surface area contributed by atoms with E-state index < -0.39 is 0 Å². The smallest absolute Gasteiger partial charge is 0.227 e. The minimum Gasteiger partial charge on any atom is -0.367 e. The lowest BCUT2D eigenvalue weighted by atomic mass is 9.90. The molecule has 0 spiro atoms. The predicted molar refractivity (Wildman–Crippen MR) is 149 cm³/mol. The summed E-state index contributed by atoms with van der Waals surface area (Å²) in [6.07, 6.45) is 4.54. The first-order valence-corrected chi connectivity index (χ1v) is 13.4. The molecule has 2 saturated heterocycles. The number of likely N-dealkylation sites (tertiary alicyclic amines) is 1. The first-order valence-electron chi connectivity index (χ1n) is 13.4. The average Bonchev–Trinajstić information content (AvgIpc) is 2.95. The second kappa shape index (κ2) is 10.7. The lowest BCUT2D eigenvalue weighted by molar-refractivity contribution is 0.211. The maximum absolute atomic E-state index is 5.09. The molecule has 2 aliphatic rings. The van der Waals surface area contributed by atoms with Crippen LogP contribution >= 0.6 is 0 Å². The van der Waals surface area contributed by atoms with Crippen molar-refractivity contribution in [2.45, 2.75) is 44.2 Å². The molecule has 36 heavy (non-hydrogen) atoms. The topological polar surface area (TPSA) is 44.3 Å². The van der Waals surface area contributed by atoms with Crippen molar-refractivity contribution >= 4 is 22.7 Å². The van der Waals surface area contributed by atoms with E-state index in [1.807, 2.05) is 0 Å². The van der Waals surface area contributed by atoms with Crippen LogP contribution in [-0.2, 0) is 6.54 Å². The number of aromatic nitrogens is 2. The summed E-state index contributed by atoms with van der Waals surface area (Å²) in [7, 11) is 0. The second-order valence-corrected chi connectivity index (χ2v) is 10.2. The van der Waals surface area contributed by atoms with Gasteiger partial charge in [-0.1, -0.05) is 72.8 Å². The van der Waals surface area contributed by atoms with Gasteiger partial charge in [-0.05, 0) is 54.9 Å². The number of fused-ring (bicyclic) bond motifs is 1. The minimum atomic E-state index is 0.437. The van der Waals surface area contributed by atoms with Crippen molar-refractivity contribution in [2.24, 2.45) is 0 Å². The van der Waals surface area contributed by atoms with Crippen LogP contribution in [0.25, 0.3) is 10.9 Å². The third-order valence-corrected chi connectivity index (χ3v) is 7.82. The molecule has 0 saturated carbocycles. The van der Waals surface area contributed by atoms with Crippen molar-refractivity contribution < 1.29 is 0 Å². The normalized spacial score (nSPS) is 17.9. The summed E-state index contributed by atoms with van der Waals surface area (Å²) in [5, 5.41) is 4.94. The van der Waals surface area contributed by atoms with Crippen molar-refractivity contribution in [3.05, 3.63) is 96.1 Å². The molecule has 0 amide bonds. The number of piperidine rings is 2. The quantitative estimate of drug-likeness (QED) is 0.364. The number of para-hydroxylation sites is 1. The van der Waals surface area contributed by atoms with Gasteiger partial charge < -0.3 is 10.2 Å². The molecule has 3 heterocycles. The standard InChI is InChI=1S/C31H35N5/c1-3-9-24(10-4-1)23-35-19-17-27(18-20-35)32-30-28-13-7-8-14-29(28)33-31(34-30)36-21-15-26(16-22-36)25-11-5-2-6-12-25/h1-14,26-27H,15-23H2,(H,32,33,34). The Labute approximate surface area is 214 Å². The van der Waals surface area contributed by atoms with Crippen molar-refractivity contribution in [1.29, 1.82) is 0 Å². The molecule has 3 aromatic carbocycles. The van der Waals surface area contributed by atoms with Crippen LogP contribution in [0.3, 0.4) is 0 Å². The largest absolute Gasteiger partial charge is 0.367 e. The number of anilines is 2. The Balaban J connectivity index is 1.13. The Morgan fingerprint density at radius 2 is 1.36 bits per heavy atom. The molecule has 1 N–H and O–H groups in total.